The number of hydrogen-bond acceptors (Lipinski definition) is 3. The number of rotatable bonds is 5. The van der Waals surface area contributed by atoms with E-state index in [2.05, 4.69) is 16.0 Å². The first-order valence-electron chi connectivity index (χ1n) is 4.83. The molecule has 15 heavy (non-hydrogen) atoms. The Balaban J connectivity index is 2.14. The SMILES string of the molecule is NC(=O)NC(CO)CNC(=O)NC1CC1. The number of nitrogens with two attached hydrogens (primary N) is 1. The van der Waals surface area contributed by atoms with Crippen LogP contribution in [0.15, 0.2) is 0 Å². The van der Waals surface area contributed by atoms with Crippen molar-refractivity contribution in [2.45, 2.75) is 24.9 Å². The highest BCUT2D eigenvalue weighted by molar-refractivity contribution is 5.75. The molecule has 4 amide bonds. The van der Waals surface area contributed by atoms with Crippen molar-refractivity contribution in [3.05, 3.63) is 0 Å². The normalized spacial score (nSPS) is 16.6. The van der Waals surface area contributed by atoms with Crippen LogP contribution in [0.3, 0.4) is 0 Å². The van der Waals surface area contributed by atoms with Gasteiger partial charge in [-0.15, -0.1) is 0 Å². The Kier molecular flexibility index (Phi) is 4.17. The number of aliphatic hydroxyl groups is 1. The predicted octanol–water partition coefficient (Wildman–Crippen LogP) is -1.52. The summed E-state index contributed by atoms with van der Waals surface area (Å²) in [5, 5.41) is 16.4. The molecule has 0 spiro atoms. The van der Waals surface area contributed by atoms with E-state index in [4.69, 9.17) is 10.8 Å². The molecule has 1 aliphatic rings. The zero-order valence-electron chi connectivity index (χ0n) is 8.32. The van der Waals surface area contributed by atoms with Crippen molar-refractivity contribution in [2.75, 3.05) is 13.2 Å². The van der Waals surface area contributed by atoms with E-state index in [0.717, 1.165) is 12.8 Å². The number of amides is 4. The van der Waals surface area contributed by atoms with Crippen LogP contribution >= 0.6 is 0 Å². The Hall–Kier alpha value is -1.50. The number of urea groups is 2. The molecule has 0 aromatic rings. The fourth-order valence-electron chi connectivity index (χ4n) is 1.04. The molecule has 1 rings (SSSR count). The molecule has 6 N–H and O–H groups in total. The smallest absolute Gasteiger partial charge is 0.315 e. The zero-order chi connectivity index (χ0) is 11.3. The minimum atomic E-state index is -0.724. The van der Waals surface area contributed by atoms with E-state index in [1.165, 1.54) is 0 Å². The summed E-state index contributed by atoms with van der Waals surface area (Å²) < 4.78 is 0. The average molecular weight is 216 g/mol. The van der Waals surface area contributed by atoms with Gasteiger partial charge >= 0.3 is 12.1 Å². The Labute approximate surface area is 87.4 Å². The second-order valence-corrected chi connectivity index (χ2v) is 3.52. The van der Waals surface area contributed by atoms with Gasteiger partial charge in [0.15, 0.2) is 0 Å². The van der Waals surface area contributed by atoms with Crippen LogP contribution in [0.1, 0.15) is 12.8 Å². The van der Waals surface area contributed by atoms with Crippen molar-refractivity contribution in [2.24, 2.45) is 5.73 Å². The molecule has 0 radical (unpaired) electrons. The van der Waals surface area contributed by atoms with E-state index in [1.807, 2.05) is 0 Å². The van der Waals surface area contributed by atoms with Crippen LogP contribution in [-0.4, -0.2) is 42.4 Å². The van der Waals surface area contributed by atoms with Crippen molar-refractivity contribution >= 4 is 12.1 Å². The van der Waals surface area contributed by atoms with Crippen molar-refractivity contribution in [1.82, 2.24) is 16.0 Å². The molecule has 0 bridgehead atoms. The number of hydrogen-bond donors (Lipinski definition) is 5. The lowest BCUT2D eigenvalue weighted by molar-refractivity contribution is 0.215. The Morgan fingerprint density at radius 2 is 2.13 bits per heavy atom. The van der Waals surface area contributed by atoms with Crippen LogP contribution in [0.5, 0.6) is 0 Å². The lowest BCUT2D eigenvalue weighted by Crippen LogP contribution is -2.49. The lowest BCUT2D eigenvalue weighted by Gasteiger charge is -2.15. The lowest BCUT2D eigenvalue weighted by atomic mass is 10.3. The molecular formula is C8H16N4O3. The maximum atomic E-state index is 11.2. The van der Waals surface area contributed by atoms with Gasteiger partial charge in [0.1, 0.15) is 0 Å². The highest BCUT2D eigenvalue weighted by Gasteiger charge is 2.23. The van der Waals surface area contributed by atoms with Gasteiger partial charge in [0.05, 0.1) is 12.6 Å². The second-order valence-electron chi connectivity index (χ2n) is 3.52. The average Bonchev–Trinajstić information content (AvgIpc) is 2.95. The van der Waals surface area contributed by atoms with Gasteiger partial charge in [-0.3, -0.25) is 0 Å². The van der Waals surface area contributed by atoms with Crippen LogP contribution in [-0.2, 0) is 0 Å². The van der Waals surface area contributed by atoms with Gasteiger partial charge in [-0.2, -0.15) is 0 Å². The van der Waals surface area contributed by atoms with E-state index in [9.17, 15) is 9.59 Å². The van der Waals surface area contributed by atoms with Gasteiger partial charge in [-0.05, 0) is 12.8 Å². The maximum absolute atomic E-state index is 11.2. The molecule has 7 heteroatoms. The molecule has 1 aliphatic carbocycles. The zero-order valence-corrected chi connectivity index (χ0v) is 8.32. The standard InChI is InChI=1S/C8H16N4O3/c9-7(14)11-6(4-13)3-10-8(15)12-5-1-2-5/h5-6,13H,1-4H2,(H3,9,11,14)(H2,10,12,15). The van der Waals surface area contributed by atoms with Crippen molar-refractivity contribution in [3.8, 4) is 0 Å². The van der Waals surface area contributed by atoms with E-state index in [-0.39, 0.29) is 25.2 Å². The van der Waals surface area contributed by atoms with E-state index in [0.29, 0.717) is 0 Å². The molecule has 1 atom stereocenters. The Morgan fingerprint density at radius 1 is 1.47 bits per heavy atom. The van der Waals surface area contributed by atoms with Crippen LogP contribution in [0.25, 0.3) is 0 Å². The largest absolute Gasteiger partial charge is 0.394 e. The van der Waals surface area contributed by atoms with Crippen molar-refractivity contribution in [1.29, 1.82) is 0 Å². The highest BCUT2D eigenvalue weighted by Crippen LogP contribution is 2.18. The van der Waals surface area contributed by atoms with Gasteiger partial charge in [0, 0.05) is 12.6 Å². The fraction of sp³-hybridized carbons (Fsp3) is 0.750. The monoisotopic (exact) mass is 216 g/mol. The number of carbonyl (C=O) groups is 2. The Bertz CT molecular complexity index is 242. The highest BCUT2D eigenvalue weighted by atomic mass is 16.3. The molecule has 1 unspecified atom stereocenters. The van der Waals surface area contributed by atoms with Crippen molar-refractivity contribution in [3.63, 3.8) is 0 Å². The van der Waals surface area contributed by atoms with E-state index < -0.39 is 12.1 Å². The van der Waals surface area contributed by atoms with Crippen LogP contribution in [0.4, 0.5) is 9.59 Å². The molecule has 1 saturated carbocycles. The molecule has 7 nitrogen and oxygen atoms in total. The molecule has 0 aromatic heterocycles. The third kappa shape index (κ3) is 5.06. The number of primary amides is 1. The molecular weight excluding hydrogens is 200 g/mol. The Morgan fingerprint density at radius 3 is 2.60 bits per heavy atom. The topological polar surface area (TPSA) is 116 Å². The van der Waals surface area contributed by atoms with Crippen LogP contribution in [0.2, 0.25) is 0 Å². The molecule has 0 aliphatic heterocycles. The molecule has 1 fully saturated rings. The quantitative estimate of drug-likeness (QED) is 0.384. The summed E-state index contributed by atoms with van der Waals surface area (Å²) in [4.78, 5) is 21.6. The molecule has 0 heterocycles. The number of nitrogens with one attached hydrogen (secondary N) is 3. The molecule has 0 saturated heterocycles. The number of carbonyl (C=O) groups excluding carboxylic acids is 2. The minimum absolute atomic E-state index is 0.151. The number of aliphatic hydroxyl groups excluding tert-OH is 1. The summed E-state index contributed by atoms with van der Waals surface area (Å²) in [5.74, 6) is 0. The van der Waals surface area contributed by atoms with Crippen LogP contribution in [0, 0.1) is 0 Å². The van der Waals surface area contributed by atoms with Crippen LogP contribution < -0.4 is 21.7 Å². The van der Waals surface area contributed by atoms with Gasteiger partial charge in [-0.25, -0.2) is 9.59 Å². The van der Waals surface area contributed by atoms with Crippen molar-refractivity contribution < 1.29 is 14.7 Å². The second kappa shape index (κ2) is 5.40. The fourth-order valence-corrected chi connectivity index (χ4v) is 1.04. The first-order chi connectivity index (χ1) is 7.11. The van der Waals surface area contributed by atoms with Gasteiger partial charge in [0.25, 0.3) is 0 Å². The van der Waals surface area contributed by atoms with E-state index >= 15 is 0 Å². The third-order valence-corrected chi connectivity index (χ3v) is 1.99. The summed E-state index contributed by atoms with van der Waals surface area (Å²) in [5.41, 5.74) is 4.88. The predicted molar refractivity (Wildman–Crippen MR) is 53.1 cm³/mol. The summed E-state index contributed by atoms with van der Waals surface area (Å²) in [6, 6.07) is -1.28. The summed E-state index contributed by atoms with van der Waals surface area (Å²) >= 11 is 0. The molecule has 86 valence electrons. The van der Waals surface area contributed by atoms with Gasteiger partial charge in [-0.1, -0.05) is 0 Å². The third-order valence-electron chi connectivity index (χ3n) is 1.99. The summed E-state index contributed by atoms with van der Waals surface area (Å²) in [6.07, 6.45) is 2.02. The summed E-state index contributed by atoms with van der Waals surface area (Å²) in [7, 11) is 0. The maximum Gasteiger partial charge on any atom is 0.315 e. The first-order valence-corrected chi connectivity index (χ1v) is 4.83. The first kappa shape index (κ1) is 11.6. The minimum Gasteiger partial charge on any atom is -0.394 e. The van der Waals surface area contributed by atoms with Gasteiger partial charge < -0.3 is 26.8 Å². The molecule has 0 aromatic carbocycles. The van der Waals surface area contributed by atoms with E-state index in [1.54, 1.807) is 0 Å². The van der Waals surface area contributed by atoms with Gasteiger partial charge in [0.2, 0.25) is 0 Å². The summed E-state index contributed by atoms with van der Waals surface area (Å²) in [6.45, 7) is -0.120.